The Balaban J connectivity index is 3.46. The minimum atomic E-state index is -1.47. The van der Waals surface area contributed by atoms with Crippen molar-refractivity contribution in [2.75, 3.05) is 0 Å². The number of amides is 2. The Morgan fingerprint density at radius 2 is 2.29 bits per heavy atom. The van der Waals surface area contributed by atoms with Crippen molar-refractivity contribution in [3.63, 3.8) is 0 Å². The van der Waals surface area contributed by atoms with Crippen LogP contribution in [0.15, 0.2) is 10.2 Å². The topological polar surface area (TPSA) is 79.1 Å². The molecule has 5 heteroatoms. The number of rotatable bonds is 1. The number of carbonyl (C=O) groups excluding carboxylic acids is 1. The van der Waals surface area contributed by atoms with E-state index in [0.717, 1.165) is 0 Å². The highest BCUT2D eigenvalue weighted by atomic mass is 16.4. The van der Waals surface area contributed by atoms with Gasteiger partial charge in [0.1, 0.15) is 0 Å². The lowest BCUT2D eigenvalue weighted by Gasteiger charge is -1.67. The van der Waals surface area contributed by atoms with Crippen molar-refractivity contribution in [2.45, 2.75) is 0 Å². The van der Waals surface area contributed by atoms with Crippen LogP contribution >= 0.6 is 0 Å². The molecule has 0 spiro atoms. The zero-order valence-electron chi connectivity index (χ0n) is 3.24. The zero-order chi connectivity index (χ0) is 5.70. The Morgan fingerprint density at radius 3 is 2.43 bits per heavy atom. The van der Waals surface area contributed by atoms with Crippen LogP contribution in [0.4, 0.5) is 4.79 Å². The fraction of sp³-hybridized carbons (Fsp3) is 0. The first-order chi connectivity index (χ1) is 3.27. The summed E-state index contributed by atoms with van der Waals surface area (Å²) in [5, 5.41) is 12.6. The van der Waals surface area contributed by atoms with Gasteiger partial charge in [-0.2, -0.15) is 0 Å². The van der Waals surface area contributed by atoms with Gasteiger partial charge in [0.2, 0.25) is 0 Å². The van der Waals surface area contributed by atoms with Crippen LogP contribution in [0.3, 0.4) is 0 Å². The van der Waals surface area contributed by atoms with Crippen LogP contribution in [-0.2, 0) is 4.79 Å². The van der Waals surface area contributed by atoms with Crippen molar-refractivity contribution < 1.29 is 14.7 Å². The van der Waals surface area contributed by atoms with E-state index in [-0.39, 0.29) is 6.41 Å². The largest absolute Gasteiger partial charge is 0.462 e. The van der Waals surface area contributed by atoms with E-state index in [1.54, 1.807) is 0 Å². The molecule has 0 aliphatic rings. The van der Waals surface area contributed by atoms with Crippen LogP contribution in [0.25, 0.3) is 0 Å². The third-order valence-electron chi connectivity index (χ3n) is 0.190. The molecule has 7 heavy (non-hydrogen) atoms. The molecule has 0 heterocycles. The maximum atomic E-state index is 9.34. The first-order valence-corrected chi connectivity index (χ1v) is 1.35. The summed E-state index contributed by atoms with van der Waals surface area (Å²) in [6.45, 7) is 0. The second-order valence-electron chi connectivity index (χ2n) is 0.603. The van der Waals surface area contributed by atoms with Crippen LogP contribution in [0.2, 0.25) is 0 Å². The molecule has 0 radical (unpaired) electrons. The predicted molar refractivity (Wildman–Crippen MR) is 18.9 cm³/mol. The highest BCUT2D eigenvalue weighted by molar-refractivity contribution is 5.66. The van der Waals surface area contributed by atoms with E-state index in [9.17, 15) is 9.59 Å². The van der Waals surface area contributed by atoms with Crippen LogP contribution in [0.5, 0.6) is 0 Å². The van der Waals surface area contributed by atoms with Crippen molar-refractivity contribution in [2.24, 2.45) is 10.2 Å². The van der Waals surface area contributed by atoms with Gasteiger partial charge in [-0.05, 0) is 0 Å². The summed E-state index contributed by atoms with van der Waals surface area (Å²) in [6.07, 6.45) is -1.42. The number of hydrogen-bond acceptors (Lipinski definition) is 2. The minimum absolute atomic E-state index is 0.0497. The van der Waals surface area contributed by atoms with Crippen molar-refractivity contribution >= 4 is 12.5 Å². The molecule has 0 aromatic heterocycles. The summed E-state index contributed by atoms with van der Waals surface area (Å²) < 4.78 is 0. The molecular weight excluding hydrogens is 100 g/mol. The van der Waals surface area contributed by atoms with E-state index < -0.39 is 6.09 Å². The maximum Gasteiger partial charge on any atom is 0.450 e. The lowest BCUT2D eigenvalue weighted by molar-refractivity contribution is -0.107. The average molecular weight is 102 g/mol. The molecule has 38 valence electrons. The molecule has 0 rings (SSSR count). The van der Waals surface area contributed by atoms with Gasteiger partial charge in [-0.15, -0.1) is 5.11 Å². The summed E-state index contributed by atoms with van der Waals surface area (Å²) in [7, 11) is 0. The van der Waals surface area contributed by atoms with E-state index in [0.29, 0.717) is 0 Å². The van der Waals surface area contributed by atoms with Gasteiger partial charge >= 0.3 is 6.09 Å². The molecule has 0 fully saturated rings. The number of carboxylic acid groups (broad SMARTS) is 1. The quantitative estimate of drug-likeness (QED) is 0.381. The minimum Gasteiger partial charge on any atom is -0.462 e. The first-order valence-electron chi connectivity index (χ1n) is 1.35. The molecule has 0 atom stereocenters. The first kappa shape index (κ1) is 5.74. The Hall–Kier alpha value is -1.26. The molecule has 1 N–H and O–H groups in total. The van der Waals surface area contributed by atoms with Crippen LogP contribution < -0.4 is 0 Å². The van der Waals surface area contributed by atoms with Gasteiger partial charge in [-0.3, -0.25) is 4.79 Å². The molecule has 0 saturated heterocycles. The Bertz CT molecular complexity index is 108. The van der Waals surface area contributed by atoms with Gasteiger partial charge in [0.15, 0.2) is 0 Å². The lowest BCUT2D eigenvalue weighted by atomic mass is 11.3. The van der Waals surface area contributed by atoms with Crippen molar-refractivity contribution in [3.05, 3.63) is 0 Å². The molecule has 0 aliphatic heterocycles. The molecule has 2 amide bonds. The standard InChI is InChI=1S/C2H2N2O3/c5-1-3-4-2(6)7/h1H,(H,6,7)/b4-3+. The van der Waals surface area contributed by atoms with E-state index in [4.69, 9.17) is 5.11 Å². The second-order valence-corrected chi connectivity index (χ2v) is 0.603. The fourth-order valence-electron chi connectivity index (χ4n) is 0.0730. The molecule has 0 aliphatic carbocycles. The number of hydrogen-bond donors (Lipinski definition) is 1. The van der Waals surface area contributed by atoms with Gasteiger partial charge in [-0.25, -0.2) is 4.79 Å². The summed E-state index contributed by atoms with van der Waals surface area (Å²) >= 11 is 0. The SMILES string of the molecule is O=C/N=N/C(=O)O. The highest BCUT2D eigenvalue weighted by Gasteiger charge is 1.82. The normalized spacial score (nSPS) is 9.14. The van der Waals surface area contributed by atoms with Crippen molar-refractivity contribution in [1.29, 1.82) is 0 Å². The zero-order valence-corrected chi connectivity index (χ0v) is 3.24. The molecule has 0 bridgehead atoms. The van der Waals surface area contributed by atoms with Crippen LogP contribution in [0, 0.1) is 0 Å². The molecule has 0 aromatic rings. The van der Waals surface area contributed by atoms with E-state index in [1.807, 2.05) is 0 Å². The van der Waals surface area contributed by atoms with E-state index >= 15 is 0 Å². The van der Waals surface area contributed by atoms with Gasteiger partial charge in [0.05, 0.1) is 0 Å². The Kier molecular flexibility index (Phi) is 2.42. The van der Waals surface area contributed by atoms with Crippen molar-refractivity contribution in [3.8, 4) is 0 Å². The Morgan fingerprint density at radius 1 is 1.71 bits per heavy atom. The summed E-state index contributed by atoms with van der Waals surface area (Å²) in [4.78, 5) is 18.5. The van der Waals surface area contributed by atoms with Crippen LogP contribution in [0.1, 0.15) is 0 Å². The summed E-state index contributed by atoms with van der Waals surface area (Å²) in [5.74, 6) is 0. The summed E-state index contributed by atoms with van der Waals surface area (Å²) in [5.41, 5.74) is 0. The third kappa shape index (κ3) is 4.74. The monoisotopic (exact) mass is 102 g/mol. The number of nitrogens with zero attached hydrogens (tertiary/aromatic N) is 2. The highest BCUT2D eigenvalue weighted by Crippen LogP contribution is 1.69. The molecular formula is C2H2N2O3. The Labute approximate surface area is 38.7 Å². The van der Waals surface area contributed by atoms with Gasteiger partial charge in [0, 0.05) is 0 Å². The van der Waals surface area contributed by atoms with Gasteiger partial charge in [-0.1, -0.05) is 5.11 Å². The van der Waals surface area contributed by atoms with Crippen molar-refractivity contribution in [1.82, 2.24) is 0 Å². The lowest BCUT2D eigenvalue weighted by Crippen LogP contribution is -1.80. The summed E-state index contributed by atoms with van der Waals surface area (Å²) in [6, 6.07) is 0. The molecule has 0 saturated carbocycles. The number of azo groups is 1. The van der Waals surface area contributed by atoms with Crippen LogP contribution in [-0.4, -0.2) is 17.6 Å². The second kappa shape index (κ2) is 2.95. The average Bonchev–Trinajstić information content (AvgIpc) is 1.61. The van der Waals surface area contributed by atoms with E-state index in [2.05, 4.69) is 10.2 Å². The number of carbonyl (C=O) groups is 2. The molecule has 5 nitrogen and oxygen atoms in total. The predicted octanol–water partition coefficient (Wildman–Crippen LogP) is 0.273. The fourth-order valence-corrected chi connectivity index (χ4v) is 0.0730. The third-order valence-corrected chi connectivity index (χ3v) is 0.190. The van der Waals surface area contributed by atoms with Gasteiger partial charge in [0.25, 0.3) is 6.41 Å². The van der Waals surface area contributed by atoms with E-state index in [1.165, 1.54) is 0 Å². The van der Waals surface area contributed by atoms with Gasteiger partial charge < -0.3 is 5.11 Å². The maximum absolute atomic E-state index is 9.34. The molecule has 0 unspecified atom stereocenters. The molecule has 0 aromatic carbocycles. The smallest absolute Gasteiger partial charge is 0.450 e.